The number of benzene rings is 1. The van der Waals surface area contributed by atoms with Crippen molar-refractivity contribution in [1.82, 2.24) is 0 Å². The van der Waals surface area contributed by atoms with Crippen LogP contribution in [0.5, 0.6) is 11.5 Å². The first-order chi connectivity index (χ1) is 9.26. The van der Waals surface area contributed by atoms with Gasteiger partial charge in [0.15, 0.2) is 0 Å². The topological polar surface area (TPSA) is 115 Å². The monoisotopic (exact) mass is 284 g/mol. The van der Waals surface area contributed by atoms with Crippen LogP contribution in [0.15, 0.2) is 12.1 Å². The fourth-order valence-corrected chi connectivity index (χ4v) is 1.25. The predicted octanol–water partition coefficient (Wildman–Crippen LogP) is 2.94. The van der Waals surface area contributed by atoms with E-state index in [1.807, 2.05) is 0 Å². The molecule has 0 aliphatic rings. The van der Waals surface area contributed by atoms with E-state index < -0.39 is 34.6 Å². The average molecular weight is 284 g/mol. The summed E-state index contributed by atoms with van der Waals surface area (Å²) in [6, 6.07) is 1.81. The van der Waals surface area contributed by atoms with Crippen LogP contribution in [0.4, 0.5) is 0 Å². The minimum absolute atomic E-state index is 0.569. The van der Waals surface area contributed by atoms with Crippen molar-refractivity contribution in [3.63, 3.8) is 0 Å². The van der Waals surface area contributed by atoms with E-state index in [0.717, 1.165) is 18.1 Å². The highest BCUT2D eigenvalue weighted by atomic mass is 16.4. The minimum Gasteiger partial charge on any atom is -0.507 e. The Morgan fingerprint density at radius 2 is 1.55 bits per heavy atom. The number of carboxylic acid groups (broad SMARTS) is 2. The van der Waals surface area contributed by atoms with Gasteiger partial charge in [-0.3, -0.25) is 0 Å². The molecule has 0 unspecified atom stereocenters. The highest BCUT2D eigenvalue weighted by Gasteiger charge is 2.21. The third-order valence-corrected chi connectivity index (χ3v) is 2.99. The van der Waals surface area contributed by atoms with Gasteiger partial charge in [-0.05, 0) is 18.1 Å². The number of hydrogen-bond donors (Lipinski definition) is 4. The van der Waals surface area contributed by atoms with Crippen molar-refractivity contribution < 1.29 is 30.0 Å². The van der Waals surface area contributed by atoms with Crippen molar-refractivity contribution in [2.24, 2.45) is 5.92 Å². The van der Waals surface area contributed by atoms with Gasteiger partial charge in [0.25, 0.3) is 0 Å². The first-order valence-corrected chi connectivity index (χ1v) is 6.27. The van der Waals surface area contributed by atoms with Crippen molar-refractivity contribution in [2.75, 3.05) is 0 Å². The van der Waals surface area contributed by atoms with Crippen molar-refractivity contribution in [1.29, 1.82) is 0 Å². The van der Waals surface area contributed by atoms with E-state index in [1.165, 1.54) is 12.8 Å². The molecular weight excluding hydrogens is 264 g/mol. The number of aromatic hydroxyl groups is 2. The summed E-state index contributed by atoms with van der Waals surface area (Å²) in [5.74, 6) is -3.76. The first kappa shape index (κ1) is 17.8. The second-order valence-electron chi connectivity index (χ2n) is 4.39. The second kappa shape index (κ2) is 8.04. The Morgan fingerprint density at radius 1 is 1.05 bits per heavy atom. The van der Waals surface area contributed by atoms with Crippen LogP contribution < -0.4 is 0 Å². The summed E-state index contributed by atoms with van der Waals surface area (Å²) < 4.78 is 0. The molecule has 4 N–H and O–H groups in total. The molecule has 0 bridgehead atoms. The van der Waals surface area contributed by atoms with Gasteiger partial charge in [0.1, 0.15) is 22.6 Å². The molecule has 0 heterocycles. The molecule has 0 aliphatic carbocycles. The van der Waals surface area contributed by atoms with Crippen LogP contribution in [-0.4, -0.2) is 32.4 Å². The molecular formula is C14H20O6. The van der Waals surface area contributed by atoms with Gasteiger partial charge < -0.3 is 20.4 Å². The number of carboxylic acids is 2. The van der Waals surface area contributed by atoms with E-state index in [4.69, 9.17) is 15.3 Å². The molecule has 6 heteroatoms. The van der Waals surface area contributed by atoms with Crippen LogP contribution in [0.3, 0.4) is 0 Å². The molecule has 0 fully saturated rings. The molecule has 1 aromatic carbocycles. The Kier molecular flexibility index (Phi) is 7.14. The van der Waals surface area contributed by atoms with E-state index in [0.29, 0.717) is 0 Å². The zero-order valence-electron chi connectivity index (χ0n) is 11.8. The smallest absolute Gasteiger partial charge is 0.343 e. The van der Waals surface area contributed by atoms with Gasteiger partial charge in [-0.2, -0.15) is 0 Å². The van der Waals surface area contributed by atoms with Gasteiger partial charge in [-0.25, -0.2) is 9.59 Å². The summed E-state index contributed by atoms with van der Waals surface area (Å²) in [4.78, 5) is 21.0. The van der Waals surface area contributed by atoms with Gasteiger partial charge in [0, 0.05) is 0 Å². The summed E-state index contributed by atoms with van der Waals surface area (Å²) in [6.07, 6.45) is 2.66. The molecule has 0 saturated carbocycles. The van der Waals surface area contributed by atoms with Gasteiger partial charge in [-0.15, -0.1) is 0 Å². The Bertz CT molecular complexity index is 477. The van der Waals surface area contributed by atoms with Crippen LogP contribution in [-0.2, 0) is 0 Å². The van der Waals surface area contributed by atoms with E-state index >= 15 is 0 Å². The van der Waals surface area contributed by atoms with Crippen LogP contribution in [0.25, 0.3) is 0 Å². The molecule has 112 valence electrons. The molecule has 0 aliphatic heterocycles. The van der Waals surface area contributed by atoms with E-state index in [9.17, 15) is 14.7 Å². The van der Waals surface area contributed by atoms with Gasteiger partial charge in [-0.1, -0.05) is 33.6 Å². The zero-order chi connectivity index (χ0) is 15.9. The molecule has 1 aromatic rings. The van der Waals surface area contributed by atoms with Gasteiger partial charge in [0.2, 0.25) is 0 Å². The van der Waals surface area contributed by atoms with E-state index in [1.54, 1.807) is 0 Å². The molecule has 0 radical (unpaired) electrons. The fraction of sp³-hybridized carbons (Fsp3) is 0.429. The maximum atomic E-state index is 10.5. The zero-order valence-corrected chi connectivity index (χ0v) is 11.8. The number of aromatic carboxylic acids is 2. The molecule has 0 aromatic heterocycles. The number of carbonyl (C=O) groups is 2. The van der Waals surface area contributed by atoms with Crippen LogP contribution in [0.2, 0.25) is 0 Å². The van der Waals surface area contributed by atoms with Crippen molar-refractivity contribution in [3.05, 3.63) is 23.3 Å². The van der Waals surface area contributed by atoms with E-state index in [2.05, 4.69) is 20.8 Å². The third-order valence-electron chi connectivity index (χ3n) is 2.99. The second-order valence-corrected chi connectivity index (χ2v) is 4.39. The Balaban J connectivity index is 0.000000511. The normalized spacial score (nSPS) is 9.80. The Labute approximate surface area is 117 Å². The first-order valence-electron chi connectivity index (χ1n) is 6.27. The van der Waals surface area contributed by atoms with Gasteiger partial charge >= 0.3 is 11.9 Å². The van der Waals surface area contributed by atoms with Crippen LogP contribution in [0, 0.1) is 5.92 Å². The summed E-state index contributed by atoms with van der Waals surface area (Å²) in [6.45, 7) is 6.74. The lowest BCUT2D eigenvalue weighted by atomic mass is 10.1. The molecule has 0 atom stereocenters. The molecule has 20 heavy (non-hydrogen) atoms. The lowest BCUT2D eigenvalue weighted by Gasteiger charge is -2.04. The largest absolute Gasteiger partial charge is 0.507 e. The maximum Gasteiger partial charge on any atom is 0.343 e. The van der Waals surface area contributed by atoms with Crippen molar-refractivity contribution >= 4 is 11.9 Å². The summed E-state index contributed by atoms with van der Waals surface area (Å²) in [7, 11) is 0. The van der Waals surface area contributed by atoms with Crippen LogP contribution >= 0.6 is 0 Å². The molecule has 1 rings (SSSR count). The predicted molar refractivity (Wildman–Crippen MR) is 73.4 cm³/mol. The third kappa shape index (κ3) is 4.79. The SMILES string of the molecule is CCC(C)CC.O=C(O)c1ccc(O)c(C(=O)O)c1O. The maximum absolute atomic E-state index is 10.5. The number of hydrogen-bond acceptors (Lipinski definition) is 4. The number of rotatable bonds is 4. The lowest BCUT2D eigenvalue weighted by molar-refractivity contribution is 0.0689. The quantitative estimate of drug-likeness (QED) is 0.675. The van der Waals surface area contributed by atoms with Gasteiger partial charge in [0.05, 0.1) is 0 Å². The molecule has 0 saturated heterocycles. The summed E-state index contributed by atoms with van der Waals surface area (Å²) in [5, 5.41) is 35.3. The number of phenols is 2. The molecule has 0 spiro atoms. The summed E-state index contributed by atoms with van der Waals surface area (Å²) >= 11 is 0. The summed E-state index contributed by atoms with van der Waals surface area (Å²) in [5.41, 5.74) is -1.38. The molecule has 0 amide bonds. The average Bonchev–Trinajstić information content (AvgIpc) is 2.37. The highest BCUT2D eigenvalue weighted by Crippen LogP contribution is 2.30. The van der Waals surface area contributed by atoms with E-state index in [-0.39, 0.29) is 0 Å². The minimum atomic E-state index is -1.59. The Hall–Kier alpha value is -2.24. The molecule has 6 nitrogen and oxygen atoms in total. The lowest BCUT2D eigenvalue weighted by Crippen LogP contribution is -2.03. The standard InChI is InChI=1S/C8H6O6.C6H14/c9-4-2-1-3(7(11)12)6(10)5(4)8(13)14;1-4-6(3)5-2/h1-2,9-10H,(H,11,12)(H,13,14);6H,4-5H2,1-3H3. The van der Waals surface area contributed by atoms with Crippen LogP contribution in [0.1, 0.15) is 54.3 Å². The fourth-order valence-electron chi connectivity index (χ4n) is 1.25. The Morgan fingerprint density at radius 3 is 1.85 bits per heavy atom. The van der Waals surface area contributed by atoms with Crippen molar-refractivity contribution in [2.45, 2.75) is 33.6 Å². The van der Waals surface area contributed by atoms with Crippen molar-refractivity contribution in [3.8, 4) is 11.5 Å². The highest BCUT2D eigenvalue weighted by molar-refractivity contribution is 6.00.